The van der Waals surface area contributed by atoms with Gasteiger partial charge in [0.1, 0.15) is 18.5 Å². The highest BCUT2D eigenvalue weighted by Gasteiger charge is 2.28. The first kappa shape index (κ1) is 24.5. The summed E-state index contributed by atoms with van der Waals surface area (Å²) < 4.78 is 20.5. The van der Waals surface area contributed by atoms with Crippen molar-refractivity contribution in [3.8, 4) is 5.75 Å². The fourth-order valence-corrected chi connectivity index (χ4v) is 4.39. The molecule has 4 rings (SSSR count). The Labute approximate surface area is 208 Å². The quantitative estimate of drug-likeness (QED) is 0.394. The van der Waals surface area contributed by atoms with Crippen LogP contribution < -0.4 is 10.1 Å². The van der Waals surface area contributed by atoms with Crippen LogP contribution in [0.3, 0.4) is 0 Å². The Morgan fingerprint density at radius 2 is 2.06 bits per heavy atom. The average Bonchev–Trinajstić information content (AvgIpc) is 3.31. The van der Waals surface area contributed by atoms with Gasteiger partial charge in [0, 0.05) is 40.6 Å². The molecule has 1 N–H and O–H groups in total. The molecule has 7 nitrogen and oxygen atoms in total. The van der Waals surface area contributed by atoms with Gasteiger partial charge in [-0.2, -0.15) is 0 Å². The van der Waals surface area contributed by atoms with Gasteiger partial charge in [-0.15, -0.1) is 0 Å². The molecular formula is C25H27Cl2N3O4. The van der Waals surface area contributed by atoms with E-state index >= 15 is 0 Å². The van der Waals surface area contributed by atoms with Gasteiger partial charge in [-0.1, -0.05) is 29.3 Å². The summed E-state index contributed by atoms with van der Waals surface area (Å²) in [6, 6.07) is 12.7. The number of imidazole rings is 1. The Morgan fingerprint density at radius 1 is 1.24 bits per heavy atom. The van der Waals surface area contributed by atoms with E-state index in [-0.39, 0.29) is 24.4 Å². The summed E-state index contributed by atoms with van der Waals surface area (Å²) in [6.07, 6.45) is 7.19. The fourth-order valence-electron chi connectivity index (χ4n) is 3.86. The minimum Gasteiger partial charge on any atom is -0.491 e. The minimum absolute atomic E-state index is 0.0941. The molecule has 1 amide bonds. The second-order valence-corrected chi connectivity index (χ2v) is 9.03. The molecule has 3 aromatic rings. The third kappa shape index (κ3) is 6.96. The molecule has 0 spiro atoms. The van der Waals surface area contributed by atoms with Crippen molar-refractivity contribution in [3.05, 3.63) is 76.8 Å². The lowest BCUT2D eigenvalue weighted by Gasteiger charge is -2.33. The van der Waals surface area contributed by atoms with E-state index in [0.29, 0.717) is 28.9 Å². The second-order valence-electron chi connectivity index (χ2n) is 8.19. The molecule has 1 saturated heterocycles. The highest BCUT2D eigenvalue weighted by molar-refractivity contribution is 6.35. The number of carbonyl (C=O) groups excluding carboxylic acids is 1. The predicted molar refractivity (Wildman–Crippen MR) is 131 cm³/mol. The lowest BCUT2D eigenvalue weighted by Crippen LogP contribution is -2.35. The fraction of sp³-hybridized carbons (Fsp3) is 0.360. The summed E-state index contributed by atoms with van der Waals surface area (Å²) in [7, 11) is 0. The normalized spacial score (nSPS) is 18.9. The first-order valence-electron chi connectivity index (χ1n) is 11.2. The van der Waals surface area contributed by atoms with Gasteiger partial charge in [-0.05, 0) is 55.7 Å². The van der Waals surface area contributed by atoms with Gasteiger partial charge in [-0.25, -0.2) is 4.98 Å². The van der Waals surface area contributed by atoms with E-state index in [4.69, 9.17) is 37.4 Å². The Kier molecular flexibility index (Phi) is 8.45. The van der Waals surface area contributed by atoms with E-state index in [1.165, 1.54) is 6.92 Å². The molecule has 180 valence electrons. The molecule has 0 radical (unpaired) electrons. The Hall–Kier alpha value is -2.58. The summed E-state index contributed by atoms with van der Waals surface area (Å²) >= 11 is 12.6. The van der Waals surface area contributed by atoms with Crippen LogP contribution in [0.1, 0.15) is 37.9 Å². The van der Waals surface area contributed by atoms with Gasteiger partial charge in [0.05, 0.1) is 19.0 Å². The van der Waals surface area contributed by atoms with Crippen LogP contribution in [0.4, 0.5) is 5.69 Å². The molecule has 1 aromatic heterocycles. The summed E-state index contributed by atoms with van der Waals surface area (Å²) in [6.45, 7) is 2.43. The van der Waals surface area contributed by atoms with Gasteiger partial charge >= 0.3 is 0 Å². The number of carbonyl (C=O) groups is 1. The number of amides is 1. The number of hydrogen-bond acceptors (Lipinski definition) is 5. The van der Waals surface area contributed by atoms with E-state index in [1.807, 2.05) is 35.0 Å². The third-order valence-electron chi connectivity index (χ3n) is 5.48. The van der Waals surface area contributed by atoms with Gasteiger partial charge in [0.15, 0.2) is 6.29 Å². The molecule has 9 heteroatoms. The van der Waals surface area contributed by atoms with Crippen molar-refractivity contribution >= 4 is 34.8 Å². The summed E-state index contributed by atoms with van der Waals surface area (Å²) in [4.78, 5) is 15.3. The van der Waals surface area contributed by atoms with E-state index in [1.54, 1.807) is 30.7 Å². The second kappa shape index (κ2) is 11.7. The predicted octanol–water partition coefficient (Wildman–Crippen LogP) is 5.88. The average molecular weight is 504 g/mol. The van der Waals surface area contributed by atoms with Gasteiger partial charge in [0.2, 0.25) is 5.91 Å². The molecule has 1 aliphatic rings. The zero-order valence-electron chi connectivity index (χ0n) is 18.8. The Bertz CT molecular complexity index is 1080. The maximum Gasteiger partial charge on any atom is 0.221 e. The summed E-state index contributed by atoms with van der Waals surface area (Å²) in [5.41, 5.74) is 1.58. The molecule has 1 aliphatic heterocycles. The number of nitrogens with zero attached hydrogens (tertiary/aromatic N) is 2. The monoisotopic (exact) mass is 503 g/mol. The molecule has 2 aromatic carbocycles. The SMILES string of the molecule is CC(=O)Nc1ccc(OCC2CCCC(OC(Cn3ccnc3)c3ccc(Cl)cc3Cl)O2)cc1. The molecular weight excluding hydrogens is 477 g/mol. The minimum atomic E-state index is -0.384. The zero-order valence-corrected chi connectivity index (χ0v) is 20.3. The van der Waals surface area contributed by atoms with Crippen LogP contribution in [0, 0.1) is 0 Å². The van der Waals surface area contributed by atoms with Crippen LogP contribution in [-0.4, -0.2) is 34.5 Å². The Balaban J connectivity index is 1.37. The zero-order chi connectivity index (χ0) is 23.9. The highest BCUT2D eigenvalue weighted by Crippen LogP contribution is 2.33. The molecule has 0 bridgehead atoms. The van der Waals surface area contributed by atoms with Crippen LogP contribution in [0.5, 0.6) is 5.75 Å². The maximum atomic E-state index is 11.2. The molecule has 1 fully saturated rings. The number of benzene rings is 2. The first-order chi connectivity index (χ1) is 16.5. The summed E-state index contributed by atoms with van der Waals surface area (Å²) in [5.74, 6) is 0.605. The van der Waals surface area contributed by atoms with Gasteiger partial charge in [0.25, 0.3) is 0 Å². The van der Waals surface area contributed by atoms with Crippen molar-refractivity contribution in [2.45, 2.75) is 51.2 Å². The van der Waals surface area contributed by atoms with E-state index < -0.39 is 0 Å². The van der Waals surface area contributed by atoms with Crippen LogP contribution in [-0.2, 0) is 20.8 Å². The van der Waals surface area contributed by atoms with Crippen molar-refractivity contribution in [3.63, 3.8) is 0 Å². The molecule has 2 heterocycles. The number of halogens is 2. The van der Waals surface area contributed by atoms with Gasteiger partial charge in [-0.3, -0.25) is 4.79 Å². The van der Waals surface area contributed by atoms with E-state index in [0.717, 1.165) is 30.5 Å². The lowest BCUT2D eigenvalue weighted by atomic mass is 10.1. The third-order valence-corrected chi connectivity index (χ3v) is 6.04. The van der Waals surface area contributed by atoms with E-state index in [9.17, 15) is 4.79 Å². The Morgan fingerprint density at radius 3 is 2.76 bits per heavy atom. The lowest BCUT2D eigenvalue weighted by molar-refractivity contribution is -0.223. The summed E-state index contributed by atoms with van der Waals surface area (Å²) in [5, 5.41) is 3.87. The molecule has 0 aliphatic carbocycles. The number of nitrogens with one attached hydrogen (secondary N) is 1. The van der Waals surface area contributed by atoms with Crippen molar-refractivity contribution < 1.29 is 19.0 Å². The molecule has 0 saturated carbocycles. The van der Waals surface area contributed by atoms with Crippen molar-refractivity contribution in [1.29, 1.82) is 0 Å². The van der Waals surface area contributed by atoms with Crippen molar-refractivity contribution in [2.75, 3.05) is 11.9 Å². The van der Waals surface area contributed by atoms with Crippen LogP contribution in [0.25, 0.3) is 0 Å². The number of rotatable bonds is 9. The number of aromatic nitrogens is 2. The van der Waals surface area contributed by atoms with Gasteiger partial charge < -0.3 is 24.1 Å². The standard InChI is InChI=1S/C25H27Cl2N3O4/c1-17(31)29-19-6-8-20(9-7-19)32-15-21-3-2-4-25(33-21)34-24(14-30-12-11-28-16-30)22-10-5-18(26)13-23(22)27/h5-13,16,21,24-25H,2-4,14-15H2,1H3,(H,29,31). The highest BCUT2D eigenvalue weighted by atomic mass is 35.5. The largest absolute Gasteiger partial charge is 0.491 e. The number of hydrogen-bond donors (Lipinski definition) is 1. The number of ether oxygens (including phenoxy) is 3. The van der Waals surface area contributed by atoms with Crippen LogP contribution >= 0.6 is 23.2 Å². The molecule has 3 atom stereocenters. The molecule has 3 unspecified atom stereocenters. The number of anilines is 1. The topological polar surface area (TPSA) is 74.6 Å². The van der Waals surface area contributed by atoms with Crippen molar-refractivity contribution in [1.82, 2.24) is 9.55 Å². The maximum absolute atomic E-state index is 11.2. The molecule has 34 heavy (non-hydrogen) atoms. The first-order valence-corrected chi connectivity index (χ1v) is 11.9. The van der Waals surface area contributed by atoms with Crippen LogP contribution in [0.2, 0.25) is 10.0 Å². The van der Waals surface area contributed by atoms with E-state index in [2.05, 4.69) is 10.3 Å². The van der Waals surface area contributed by atoms with Crippen molar-refractivity contribution in [2.24, 2.45) is 0 Å². The smallest absolute Gasteiger partial charge is 0.221 e. The van der Waals surface area contributed by atoms with Crippen LogP contribution in [0.15, 0.2) is 61.2 Å².